The zero-order valence-electron chi connectivity index (χ0n) is 23.3. The molecule has 1 saturated carbocycles. The average Bonchev–Trinajstić information content (AvgIpc) is 3.77. The smallest absolute Gasteiger partial charge is 0.410 e. The molecule has 12 heteroatoms. The Morgan fingerprint density at radius 3 is 2.76 bits per heavy atom. The van der Waals surface area contributed by atoms with Gasteiger partial charge < -0.3 is 19.3 Å². The molecular weight excluding hydrogens is 581 g/mol. The second-order valence-electron chi connectivity index (χ2n) is 11.3. The number of amides is 2. The number of likely N-dealkylation sites (tertiary alicyclic amines) is 1. The minimum atomic E-state index is -0.941. The lowest BCUT2D eigenvalue weighted by atomic mass is 9.79. The quantitative estimate of drug-likeness (QED) is 0.251. The first-order valence-electron chi connectivity index (χ1n) is 13.9. The highest BCUT2D eigenvalue weighted by molar-refractivity contribution is 7.98. The van der Waals surface area contributed by atoms with E-state index in [-0.39, 0.29) is 35.3 Å². The summed E-state index contributed by atoms with van der Waals surface area (Å²) in [6.45, 7) is 2.86. The van der Waals surface area contributed by atoms with Gasteiger partial charge in [0.15, 0.2) is 5.82 Å². The van der Waals surface area contributed by atoms with Crippen molar-refractivity contribution < 1.29 is 23.8 Å². The minimum Gasteiger partial charge on any atom is -0.465 e. The molecule has 1 aromatic carbocycles. The van der Waals surface area contributed by atoms with Crippen LogP contribution >= 0.6 is 23.4 Å². The zero-order valence-corrected chi connectivity index (χ0v) is 24.9. The van der Waals surface area contributed by atoms with Crippen molar-refractivity contribution in [2.45, 2.75) is 49.3 Å². The monoisotopic (exact) mass is 609 g/mol. The van der Waals surface area contributed by atoms with Crippen molar-refractivity contribution in [2.75, 3.05) is 26.5 Å². The van der Waals surface area contributed by atoms with Gasteiger partial charge in [-0.1, -0.05) is 29.8 Å². The van der Waals surface area contributed by atoms with E-state index in [9.17, 15) is 14.7 Å². The van der Waals surface area contributed by atoms with Crippen LogP contribution in [0.4, 0.5) is 14.0 Å². The van der Waals surface area contributed by atoms with Crippen LogP contribution in [-0.2, 0) is 4.74 Å². The van der Waals surface area contributed by atoms with Crippen molar-refractivity contribution >= 4 is 57.4 Å². The molecule has 2 amide bonds. The highest BCUT2D eigenvalue weighted by Gasteiger charge is 2.56. The van der Waals surface area contributed by atoms with Crippen molar-refractivity contribution in [1.82, 2.24) is 24.3 Å². The van der Waals surface area contributed by atoms with E-state index in [1.54, 1.807) is 17.2 Å². The Hall–Kier alpha value is -3.57. The summed E-state index contributed by atoms with van der Waals surface area (Å²) in [5, 5.41) is 12.3. The van der Waals surface area contributed by atoms with E-state index < -0.39 is 18.0 Å². The molecule has 4 aromatic rings. The summed E-state index contributed by atoms with van der Waals surface area (Å²) in [6.07, 6.45) is 4.51. The number of hydrogen-bond acceptors (Lipinski definition) is 6. The molecule has 2 bridgehead atoms. The van der Waals surface area contributed by atoms with Gasteiger partial charge in [-0.15, -0.1) is 11.8 Å². The Labute approximate surface area is 250 Å². The molecular formula is C30H29ClFN5O4S. The molecule has 4 atom stereocenters. The average molecular weight is 610 g/mol. The Kier molecular flexibility index (Phi) is 6.50. The van der Waals surface area contributed by atoms with Crippen molar-refractivity contribution in [3.63, 3.8) is 0 Å². The van der Waals surface area contributed by atoms with Crippen molar-refractivity contribution in [2.24, 2.45) is 5.92 Å². The number of carbonyl (C=O) groups is 2. The van der Waals surface area contributed by atoms with Crippen molar-refractivity contribution in [1.29, 1.82) is 0 Å². The maximum absolute atomic E-state index is 16.4. The van der Waals surface area contributed by atoms with Crippen LogP contribution in [0, 0.1) is 18.7 Å². The molecule has 0 spiro atoms. The third kappa shape index (κ3) is 3.82. The Morgan fingerprint density at radius 1 is 1.24 bits per heavy atom. The number of ether oxygens (including phenoxy) is 1. The molecule has 3 aliphatic heterocycles. The minimum absolute atomic E-state index is 0.109. The van der Waals surface area contributed by atoms with Crippen LogP contribution in [0.2, 0.25) is 5.02 Å². The van der Waals surface area contributed by atoms with Crippen LogP contribution in [0.25, 0.3) is 33.1 Å². The van der Waals surface area contributed by atoms with Gasteiger partial charge in [-0.05, 0) is 44.1 Å². The number of methoxy groups -OCH3 is 1. The number of nitrogens with zero attached hydrogens (tertiary/aromatic N) is 5. The van der Waals surface area contributed by atoms with E-state index in [4.69, 9.17) is 21.3 Å². The lowest BCUT2D eigenvalue weighted by Crippen LogP contribution is -2.43. The van der Waals surface area contributed by atoms with Crippen LogP contribution in [0.3, 0.4) is 0 Å². The SMILES string of the molecule is COC(=O)N1CCC[C@@H]1c1cc2c(SC)nc3c(F)c(-c4cccc(C)c4Cl)ncc3c2n1[C@H]1[C@@H]2C[C@H]1N(C(=O)O)C2. The Morgan fingerprint density at radius 2 is 2.05 bits per heavy atom. The van der Waals surface area contributed by atoms with E-state index in [2.05, 4.69) is 9.55 Å². The number of thioether (sulfide) groups is 1. The maximum Gasteiger partial charge on any atom is 0.410 e. The number of benzene rings is 1. The van der Waals surface area contributed by atoms with Gasteiger partial charge in [0.1, 0.15) is 16.2 Å². The largest absolute Gasteiger partial charge is 0.465 e. The number of aromatic nitrogens is 3. The predicted octanol–water partition coefficient (Wildman–Crippen LogP) is 6.90. The first-order chi connectivity index (χ1) is 20.2. The van der Waals surface area contributed by atoms with Crippen LogP contribution in [0.5, 0.6) is 0 Å². The number of rotatable bonds is 4. The molecule has 0 unspecified atom stereocenters. The highest BCUT2D eigenvalue weighted by Crippen LogP contribution is 2.54. The van der Waals surface area contributed by atoms with Gasteiger partial charge >= 0.3 is 12.2 Å². The van der Waals surface area contributed by atoms with E-state index in [1.807, 2.05) is 31.4 Å². The third-order valence-electron chi connectivity index (χ3n) is 9.20. The standard InChI is InChI=1S/C30H29ClFN5O4S/c1-14-6-4-7-16(22(14)31)24-23(32)25-18(12-33-24)27-17(28(34-25)42-3)11-20(19-8-5-9-35(19)30(40)41-2)37(27)26-15-10-21(26)36(13-15)29(38)39/h4,6-7,11-12,15,19,21,26H,5,8-10,13H2,1-3H3,(H,38,39)/t15-,19-,21-,26+/m1/s1. The molecule has 3 aromatic heterocycles. The summed E-state index contributed by atoms with van der Waals surface area (Å²) >= 11 is 7.99. The molecule has 1 aliphatic carbocycles. The van der Waals surface area contributed by atoms with Gasteiger partial charge in [0.05, 0.1) is 35.8 Å². The molecule has 6 heterocycles. The number of pyridine rings is 2. The molecule has 218 valence electrons. The molecule has 42 heavy (non-hydrogen) atoms. The van der Waals surface area contributed by atoms with Crippen LogP contribution in [-0.4, -0.2) is 74.1 Å². The molecule has 4 aliphatic rings. The van der Waals surface area contributed by atoms with E-state index in [0.717, 1.165) is 41.4 Å². The van der Waals surface area contributed by atoms with Gasteiger partial charge in [-0.3, -0.25) is 9.88 Å². The lowest BCUT2D eigenvalue weighted by molar-refractivity contribution is 0.112. The number of halogens is 2. The van der Waals surface area contributed by atoms with Crippen LogP contribution in [0.1, 0.15) is 42.6 Å². The summed E-state index contributed by atoms with van der Waals surface area (Å²) in [5.41, 5.74) is 3.26. The van der Waals surface area contributed by atoms with Crippen LogP contribution in [0.15, 0.2) is 35.5 Å². The van der Waals surface area contributed by atoms with Gasteiger partial charge in [-0.25, -0.2) is 19.0 Å². The van der Waals surface area contributed by atoms with Crippen molar-refractivity contribution in [3.05, 3.63) is 52.6 Å². The lowest BCUT2D eigenvalue weighted by Gasteiger charge is -2.40. The van der Waals surface area contributed by atoms with Gasteiger partial charge in [0.2, 0.25) is 0 Å². The first kappa shape index (κ1) is 27.3. The van der Waals surface area contributed by atoms with Gasteiger partial charge in [0.25, 0.3) is 0 Å². The van der Waals surface area contributed by atoms with E-state index in [0.29, 0.717) is 34.1 Å². The van der Waals surface area contributed by atoms with E-state index >= 15 is 4.39 Å². The van der Waals surface area contributed by atoms with E-state index in [1.165, 1.54) is 23.8 Å². The second-order valence-corrected chi connectivity index (χ2v) is 12.4. The Bertz CT molecular complexity index is 1800. The fraction of sp³-hybridized carbons (Fsp3) is 0.400. The fourth-order valence-corrected chi connectivity index (χ4v) is 8.03. The summed E-state index contributed by atoms with van der Waals surface area (Å²) in [7, 11) is 1.37. The van der Waals surface area contributed by atoms with Gasteiger partial charge in [0, 0.05) is 47.2 Å². The number of aryl methyl sites for hydroxylation is 1. The summed E-state index contributed by atoms with van der Waals surface area (Å²) in [6, 6.07) is 6.85. The summed E-state index contributed by atoms with van der Waals surface area (Å²) < 4.78 is 23.7. The highest BCUT2D eigenvalue weighted by atomic mass is 35.5. The maximum atomic E-state index is 16.4. The van der Waals surface area contributed by atoms with Crippen LogP contribution < -0.4 is 0 Å². The summed E-state index contributed by atoms with van der Waals surface area (Å²) in [4.78, 5) is 37.5. The molecule has 4 fully saturated rings. The zero-order chi connectivity index (χ0) is 29.4. The van der Waals surface area contributed by atoms with Gasteiger partial charge in [-0.2, -0.15) is 0 Å². The fourth-order valence-electron chi connectivity index (χ4n) is 7.26. The number of carbonyl (C=O) groups excluding carboxylic acids is 1. The van der Waals surface area contributed by atoms with Crippen molar-refractivity contribution in [3.8, 4) is 11.3 Å². The third-order valence-corrected chi connectivity index (χ3v) is 10.4. The topological polar surface area (TPSA) is 101 Å². The Balaban J connectivity index is 1.51. The number of carboxylic acid groups (broad SMARTS) is 1. The molecule has 9 nitrogen and oxygen atoms in total. The molecule has 1 N–H and O–H groups in total. The second kappa shape index (κ2) is 10.0. The molecule has 0 radical (unpaired) electrons. The number of fused-ring (bicyclic) bond motifs is 4. The normalized spacial score (nSPS) is 23.2. The predicted molar refractivity (Wildman–Crippen MR) is 159 cm³/mol. The molecule has 8 rings (SSSR count). The first-order valence-corrected chi connectivity index (χ1v) is 15.5. The molecule has 3 saturated heterocycles. The number of hydrogen-bond donors (Lipinski definition) is 1. The summed E-state index contributed by atoms with van der Waals surface area (Å²) in [5.74, 6) is -0.454.